The Labute approximate surface area is 82.6 Å². The molecule has 80 valence electrons. The molecule has 0 bridgehead atoms. The summed E-state index contributed by atoms with van der Waals surface area (Å²) in [5, 5.41) is 8.50. The summed E-state index contributed by atoms with van der Waals surface area (Å²) in [6.07, 6.45) is 0.783. The molecule has 0 saturated carbocycles. The summed E-state index contributed by atoms with van der Waals surface area (Å²) in [7, 11) is 1.50. The van der Waals surface area contributed by atoms with E-state index in [0.717, 1.165) is 0 Å². The lowest BCUT2D eigenvalue weighted by Crippen LogP contribution is -2.36. The quantitative estimate of drug-likeness (QED) is 0.695. The van der Waals surface area contributed by atoms with Crippen LogP contribution in [0.25, 0.3) is 0 Å². The molecule has 2 unspecified atom stereocenters. The highest BCUT2D eigenvalue weighted by atomic mass is 16.5. The average Bonchev–Trinajstić information content (AvgIpc) is 2.49. The Bertz CT molecular complexity index is 241. The molecule has 0 radical (unpaired) electrons. The van der Waals surface area contributed by atoms with Crippen molar-refractivity contribution in [1.29, 1.82) is 0 Å². The highest BCUT2D eigenvalue weighted by Crippen LogP contribution is 2.20. The van der Waals surface area contributed by atoms with E-state index in [0.29, 0.717) is 13.0 Å². The molecule has 0 aromatic heterocycles. The third-order valence-corrected chi connectivity index (χ3v) is 2.30. The van der Waals surface area contributed by atoms with Gasteiger partial charge in [-0.1, -0.05) is 0 Å². The van der Waals surface area contributed by atoms with Gasteiger partial charge in [0.1, 0.15) is 6.54 Å². The van der Waals surface area contributed by atoms with Crippen molar-refractivity contribution in [2.45, 2.75) is 19.4 Å². The lowest BCUT2D eigenvalue weighted by molar-refractivity contribution is -0.145. The van der Waals surface area contributed by atoms with E-state index >= 15 is 0 Å². The van der Waals surface area contributed by atoms with Crippen LogP contribution >= 0.6 is 0 Å². The number of ether oxygens (including phenoxy) is 1. The summed E-state index contributed by atoms with van der Waals surface area (Å²) in [4.78, 5) is 23.2. The van der Waals surface area contributed by atoms with Crippen molar-refractivity contribution >= 4 is 11.9 Å². The maximum Gasteiger partial charge on any atom is 0.323 e. The summed E-state index contributed by atoms with van der Waals surface area (Å²) in [5.41, 5.74) is 0. The first kappa shape index (κ1) is 11.0. The van der Waals surface area contributed by atoms with Crippen LogP contribution in [0.4, 0.5) is 0 Å². The van der Waals surface area contributed by atoms with E-state index in [1.807, 2.05) is 6.92 Å². The minimum Gasteiger partial charge on any atom is -0.480 e. The molecule has 1 aliphatic rings. The van der Waals surface area contributed by atoms with Crippen molar-refractivity contribution < 1.29 is 19.4 Å². The molecule has 1 N–H and O–H groups in total. The molecule has 0 aliphatic carbocycles. The van der Waals surface area contributed by atoms with Gasteiger partial charge < -0.3 is 14.7 Å². The molecule has 5 nitrogen and oxygen atoms in total. The van der Waals surface area contributed by atoms with E-state index < -0.39 is 5.97 Å². The predicted octanol–water partition coefficient (Wildman–Crippen LogP) is -0.0456. The van der Waals surface area contributed by atoms with Gasteiger partial charge in [-0.2, -0.15) is 0 Å². The van der Waals surface area contributed by atoms with Crippen molar-refractivity contribution in [2.75, 3.05) is 20.2 Å². The molecular weight excluding hydrogens is 186 g/mol. The largest absolute Gasteiger partial charge is 0.480 e. The number of hydrogen-bond acceptors (Lipinski definition) is 3. The zero-order valence-electron chi connectivity index (χ0n) is 8.40. The Morgan fingerprint density at radius 3 is 2.64 bits per heavy atom. The number of carboxylic acid groups (broad SMARTS) is 1. The second-order valence-electron chi connectivity index (χ2n) is 3.66. The van der Waals surface area contributed by atoms with Crippen LogP contribution in [0.5, 0.6) is 0 Å². The van der Waals surface area contributed by atoms with Crippen LogP contribution in [0.2, 0.25) is 0 Å². The Morgan fingerprint density at radius 2 is 2.21 bits per heavy atom. The lowest BCUT2D eigenvalue weighted by Gasteiger charge is -2.17. The maximum atomic E-state index is 11.6. The highest BCUT2D eigenvalue weighted by molar-refractivity contribution is 5.83. The molecule has 0 aromatic rings. The number of carboxylic acids is 1. The third-order valence-electron chi connectivity index (χ3n) is 2.30. The van der Waals surface area contributed by atoms with Gasteiger partial charge in [-0.3, -0.25) is 9.59 Å². The summed E-state index contributed by atoms with van der Waals surface area (Å²) in [5.74, 6) is -1.31. The topological polar surface area (TPSA) is 66.8 Å². The number of hydrogen-bond donors (Lipinski definition) is 1. The normalized spacial score (nSPS) is 26.1. The van der Waals surface area contributed by atoms with Gasteiger partial charge in [0.25, 0.3) is 0 Å². The van der Waals surface area contributed by atoms with E-state index in [9.17, 15) is 9.59 Å². The third kappa shape index (κ3) is 2.70. The molecule has 2 atom stereocenters. The summed E-state index contributed by atoms with van der Waals surface area (Å²) in [6, 6.07) is 0. The first-order valence-corrected chi connectivity index (χ1v) is 4.59. The second kappa shape index (κ2) is 4.41. The summed E-state index contributed by atoms with van der Waals surface area (Å²) < 4.78 is 5.25. The van der Waals surface area contributed by atoms with Crippen LogP contribution in [-0.4, -0.2) is 48.2 Å². The van der Waals surface area contributed by atoms with Gasteiger partial charge in [0.05, 0.1) is 18.6 Å². The number of rotatable bonds is 3. The van der Waals surface area contributed by atoms with Crippen molar-refractivity contribution in [2.24, 2.45) is 5.92 Å². The van der Waals surface area contributed by atoms with Crippen molar-refractivity contribution in [3.05, 3.63) is 0 Å². The zero-order chi connectivity index (χ0) is 10.7. The van der Waals surface area contributed by atoms with Crippen LogP contribution in [-0.2, 0) is 14.3 Å². The number of carbonyl (C=O) groups is 2. The van der Waals surface area contributed by atoms with Crippen LogP contribution < -0.4 is 0 Å². The van der Waals surface area contributed by atoms with Gasteiger partial charge in [-0.15, -0.1) is 0 Å². The molecule has 0 aromatic carbocycles. The van der Waals surface area contributed by atoms with Crippen molar-refractivity contribution in [1.82, 2.24) is 4.90 Å². The van der Waals surface area contributed by atoms with Crippen LogP contribution in [0.1, 0.15) is 13.3 Å². The molecule has 1 saturated heterocycles. The molecule has 14 heavy (non-hydrogen) atoms. The number of likely N-dealkylation sites (N-methyl/N-ethyl adjacent to an activating group) is 1. The van der Waals surface area contributed by atoms with Gasteiger partial charge in [-0.25, -0.2) is 0 Å². The predicted molar refractivity (Wildman–Crippen MR) is 48.8 cm³/mol. The summed E-state index contributed by atoms with van der Waals surface area (Å²) >= 11 is 0. The molecule has 1 rings (SSSR count). The fourth-order valence-corrected chi connectivity index (χ4v) is 1.58. The van der Waals surface area contributed by atoms with Crippen LogP contribution in [0.15, 0.2) is 0 Å². The van der Waals surface area contributed by atoms with E-state index in [2.05, 4.69) is 0 Å². The number of amides is 1. The number of aliphatic carboxylic acids is 1. The molecule has 1 aliphatic heterocycles. The van der Waals surface area contributed by atoms with Gasteiger partial charge in [0.2, 0.25) is 5.91 Å². The first-order chi connectivity index (χ1) is 6.50. The first-order valence-electron chi connectivity index (χ1n) is 4.59. The molecule has 1 heterocycles. The zero-order valence-corrected chi connectivity index (χ0v) is 8.40. The van der Waals surface area contributed by atoms with Gasteiger partial charge in [0.15, 0.2) is 0 Å². The minimum atomic E-state index is -0.993. The summed E-state index contributed by atoms with van der Waals surface area (Å²) in [6.45, 7) is 2.07. The second-order valence-corrected chi connectivity index (χ2v) is 3.66. The number of nitrogens with zero attached hydrogens (tertiary/aromatic N) is 1. The smallest absolute Gasteiger partial charge is 0.323 e. The lowest BCUT2D eigenvalue weighted by atomic mass is 10.1. The maximum absolute atomic E-state index is 11.6. The Balaban J connectivity index is 2.44. The van der Waals surface area contributed by atoms with E-state index in [1.165, 1.54) is 11.9 Å². The molecule has 0 spiro atoms. The van der Waals surface area contributed by atoms with Crippen LogP contribution in [0.3, 0.4) is 0 Å². The highest BCUT2D eigenvalue weighted by Gasteiger charge is 2.30. The van der Waals surface area contributed by atoms with Gasteiger partial charge >= 0.3 is 5.97 Å². The van der Waals surface area contributed by atoms with E-state index in [4.69, 9.17) is 9.84 Å². The Hall–Kier alpha value is -1.10. The molecule has 5 heteroatoms. The van der Waals surface area contributed by atoms with Gasteiger partial charge in [0, 0.05) is 7.05 Å². The van der Waals surface area contributed by atoms with Crippen molar-refractivity contribution in [3.8, 4) is 0 Å². The molecule has 1 amide bonds. The Kier molecular flexibility index (Phi) is 3.46. The average molecular weight is 201 g/mol. The fraction of sp³-hybridized carbons (Fsp3) is 0.778. The molecule has 1 fully saturated rings. The number of carbonyl (C=O) groups excluding carboxylic acids is 1. The van der Waals surface area contributed by atoms with E-state index in [-0.39, 0.29) is 24.5 Å². The minimum absolute atomic E-state index is 0.0992. The van der Waals surface area contributed by atoms with Gasteiger partial charge in [-0.05, 0) is 13.3 Å². The monoisotopic (exact) mass is 201 g/mol. The standard InChI is InChI=1S/C9H15NO4/c1-6-3-7(5-14-6)9(13)10(2)4-8(11)12/h6-7H,3-5H2,1-2H3,(H,11,12). The van der Waals surface area contributed by atoms with Crippen molar-refractivity contribution in [3.63, 3.8) is 0 Å². The SMILES string of the molecule is CC1CC(C(=O)N(C)CC(=O)O)CO1. The molecular formula is C9H15NO4. The Morgan fingerprint density at radius 1 is 1.57 bits per heavy atom. The fourth-order valence-electron chi connectivity index (χ4n) is 1.58. The van der Waals surface area contributed by atoms with E-state index in [1.54, 1.807) is 0 Å². The van der Waals surface area contributed by atoms with Crippen LogP contribution in [0, 0.1) is 5.92 Å².